The summed E-state index contributed by atoms with van der Waals surface area (Å²) in [5.74, 6) is 0.353. The van der Waals surface area contributed by atoms with Gasteiger partial charge in [0, 0.05) is 34.9 Å². The third kappa shape index (κ3) is 3.42. The van der Waals surface area contributed by atoms with Crippen molar-refractivity contribution >= 4 is 22.6 Å². The van der Waals surface area contributed by atoms with Crippen molar-refractivity contribution in [3.8, 4) is 0 Å². The zero-order chi connectivity index (χ0) is 14.0. The van der Waals surface area contributed by atoms with Gasteiger partial charge in [-0.3, -0.25) is 18.7 Å². The Hall–Kier alpha value is -0.750. The fourth-order valence-electron chi connectivity index (χ4n) is 3.07. The molecule has 0 bridgehead atoms. The van der Waals surface area contributed by atoms with Crippen molar-refractivity contribution in [2.24, 2.45) is 0 Å². The van der Waals surface area contributed by atoms with Crippen LogP contribution in [0.25, 0.3) is 0 Å². The van der Waals surface area contributed by atoms with E-state index in [4.69, 9.17) is 0 Å². The zero-order valence-corrected chi connectivity index (χ0v) is 12.4. The van der Waals surface area contributed by atoms with Gasteiger partial charge in [-0.1, -0.05) is 12.8 Å². The van der Waals surface area contributed by atoms with Crippen LogP contribution >= 0.6 is 0 Å². The summed E-state index contributed by atoms with van der Waals surface area (Å²) >= 11 is 0. The standard InChI is InChI=1S/C13H22N2O3S/c1-9(8-19(2)18)14-11-7-12(16)15(13(11)17)10-5-3-4-6-10/h9-11,14H,3-8H2,1-2H3. The number of nitrogens with zero attached hydrogens (tertiary/aromatic N) is 1. The molecule has 0 aromatic carbocycles. The van der Waals surface area contributed by atoms with Crippen LogP contribution in [-0.4, -0.2) is 51.1 Å². The minimum Gasteiger partial charge on any atom is -0.302 e. The maximum absolute atomic E-state index is 12.3. The summed E-state index contributed by atoms with van der Waals surface area (Å²) in [5.41, 5.74) is 0. The van der Waals surface area contributed by atoms with Crippen LogP contribution in [0.1, 0.15) is 39.0 Å². The molecule has 1 saturated carbocycles. The number of imide groups is 1. The SMILES string of the molecule is CC(CS(C)=O)NC1CC(=O)N(C2CCCC2)C1=O. The molecule has 1 N–H and O–H groups in total. The van der Waals surface area contributed by atoms with Crippen LogP contribution in [0.3, 0.4) is 0 Å². The summed E-state index contributed by atoms with van der Waals surface area (Å²) in [7, 11) is -0.899. The van der Waals surface area contributed by atoms with Gasteiger partial charge in [0.2, 0.25) is 11.8 Å². The molecule has 2 rings (SSSR count). The fraction of sp³-hybridized carbons (Fsp3) is 0.846. The van der Waals surface area contributed by atoms with Crippen LogP contribution in [0.15, 0.2) is 0 Å². The molecule has 2 aliphatic rings. The largest absolute Gasteiger partial charge is 0.302 e. The predicted molar refractivity (Wildman–Crippen MR) is 74.0 cm³/mol. The molecule has 1 aliphatic heterocycles. The van der Waals surface area contributed by atoms with E-state index in [2.05, 4.69) is 5.32 Å². The van der Waals surface area contributed by atoms with Gasteiger partial charge in [0.15, 0.2) is 0 Å². The number of likely N-dealkylation sites (tertiary alicyclic amines) is 1. The van der Waals surface area contributed by atoms with E-state index in [0.717, 1.165) is 25.7 Å². The van der Waals surface area contributed by atoms with Gasteiger partial charge in [-0.2, -0.15) is 0 Å². The predicted octanol–water partition coefficient (Wildman–Crippen LogP) is 0.413. The molecule has 3 atom stereocenters. The molecule has 108 valence electrons. The van der Waals surface area contributed by atoms with Crippen molar-refractivity contribution < 1.29 is 13.8 Å². The highest BCUT2D eigenvalue weighted by molar-refractivity contribution is 7.84. The monoisotopic (exact) mass is 286 g/mol. The van der Waals surface area contributed by atoms with E-state index in [-0.39, 0.29) is 30.3 Å². The Balaban J connectivity index is 1.95. The second-order valence-electron chi connectivity index (χ2n) is 5.60. The van der Waals surface area contributed by atoms with E-state index in [9.17, 15) is 13.8 Å². The number of amides is 2. The van der Waals surface area contributed by atoms with Crippen LogP contribution in [0.2, 0.25) is 0 Å². The first-order valence-corrected chi connectivity index (χ1v) is 8.63. The topological polar surface area (TPSA) is 66.5 Å². The van der Waals surface area contributed by atoms with E-state index in [1.165, 1.54) is 4.90 Å². The van der Waals surface area contributed by atoms with Crippen molar-refractivity contribution in [3.05, 3.63) is 0 Å². The first-order valence-electron chi connectivity index (χ1n) is 6.91. The fourth-order valence-corrected chi connectivity index (χ4v) is 3.87. The lowest BCUT2D eigenvalue weighted by molar-refractivity contribution is -0.141. The van der Waals surface area contributed by atoms with Gasteiger partial charge in [-0.25, -0.2) is 0 Å². The Morgan fingerprint density at radius 3 is 2.58 bits per heavy atom. The third-order valence-electron chi connectivity index (χ3n) is 3.84. The summed E-state index contributed by atoms with van der Waals surface area (Å²) in [6.45, 7) is 1.90. The minimum atomic E-state index is -0.899. The van der Waals surface area contributed by atoms with Crippen LogP contribution in [-0.2, 0) is 20.4 Å². The second kappa shape index (κ2) is 6.13. The van der Waals surface area contributed by atoms with Gasteiger partial charge in [-0.15, -0.1) is 0 Å². The van der Waals surface area contributed by atoms with E-state index in [0.29, 0.717) is 5.75 Å². The van der Waals surface area contributed by atoms with Crippen molar-refractivity contribution in [1.29, 1.82) is 0 Å². The average Bonchev–Trinajstić information content (AvgIpc) is 2.87. The molecule has 1 heterocycles. The highest BCUT2D eigenvalue weighted by Gasteiger charge is 2.43. The molecule has 0 aromatic rings. The Labute approximate surface area is 116 Å². The lowest BCUT2D eigenvalue weighted by atomic mass is 10.2. The molecule has 2 fully saturated rings. The molecule has 2 amide bonds. The molecular weight excluding hydrogens is 264 g/mol. The van der Waals surface area contributed by atoms with Crippen LogP contribution < -0.4 is 5.32 Å². The van der Waals surface area contributed by atoms with Gasteiger partial charge in [0.05, 0.1) is 12.5 Å². The van der Waals surface area contributed by atoms with Crippen LogP contribution in [0, 0.1) is 0 Å². The maximum atomic E-state index is 12.3. The number of nitrogens with one attached hydrogen (secondary N) is 1. The normalized spacial score (nSPS) is 28.1. The smallest absolute Gasteiger partial charge is 0.247 e. The van der Waals surface area contributed by atoms with Gasteiger partial charge in [0.25, 0.3) is 0 Å². The van der Waals surface area contributed by atoms with Crippen molar-refractivity contribution in [1.82, 2.24) is 10.2 Å². The number of hydrogen-bond donors (Lipinski definition) is 1. The number of carbonyl (C=O) groups is 2. The maximum Gasteiger partial charge on any atom is 0.247 e. The molecule has 6 heteroatoms. The molecule has 0 radical (unpaired) electrons. The zero-order valence-electron chi connectivity index (χ0n) is 11.6. The highest BCUT2D eigenvalue weighted by atomic mass is 32.2. The van der Waals surface area contributed by atoms with Gasteiger partial charge in [0.1, 0.15) is 0 Å². The van der Waals surface area contributed by atoms with Gasteiger partial charge < -0.3 is 5.32 Å². The number of rotatable bonds is 5. The van der Waals surface area contributed by atoms with E-state index in [1.54, 1.807) is 6.26 Å². The lowest BCUT2D eigenvalue weighted by Gasteiger charge is -2.23. The molecule has 1 saturated heterocycles. The minimum absolute atomic E-state index is 0.0175. The van der Waals surface area contributed by atoms with Crippen molar-refractivity contribution in [3.63, 3.8) is 0 Å². The second-order valence-corrected chi connectivity index (χ2v) is 7.08. The van der Waals surface area contributed by atoms with Crippen molar-refractivity contribution in [2.45, 2.75) is 57.2 Å². The van der Waals surface area contributed by atoms with E-state index >= 15 is 0 Å². The Kier molecular flexibility index (Phi) is 4.73. The molecule has 1 aliphatic carbocycles. The lowest BCUT2D eigenvalue weighted by Crippen LogP contribution is -2.46. The average molecular weight is 286 g/mol. The summed E-state index contributed by atoms with van der Waals surface area (Å²) in [5, 5.41) is 3.14. The van der Waals surface area contributed by atoms with Crippen LogP contribution in [0.4, 0.5) is 0 Å². The molecule has 19 heavy (non-hydrogen) atoms. The highest BCUT2D eigenvalue weighted by Crippen LogP contribution is 2.28. The molecule has 0 spiro atoms. The van der Waals surface area contributed by atoms with Crippen LogP contribution in [0.5, 0.6) is 0 Å². The van der Waals surface area contributed by atoms with Gasteiger partial charge in [-0.05, 0) is 19.8 Å². The third-order valence-corrected chi connectivity index (χ3v) is 4.81. The molecular formula is C13H22N2O3S. The van der Waals surface area contributed by atoms with Crippen molar-refractivity contribution in [2.75, 3.05) is 12.0 Å². The first-order chi connectivity index (χ1) is 8.99. The van der Waals surface area contributed by atoms with Gasteiger partial charge >= 0.3 is 0 Å². The Morgan fingerprint density at radius 1 is 1.37 bits per heavy atom. The number of hydrogen-bond acceptors (Lipinski definition) is 4. The summed E-state index contributed by atoms with van der Waals surface area (Å²) in [4.78, 5) is 25.8. The Morgan fingerprint density at radius 2 is 2.00 bits per heavy atom. The molecule has 5 nitrogen and oxygen atoms in total. The first kappa shape index (κ1) is 14.7. The Bertz CT molecular complexity index is 393. The quantitative estimate of drug-likeness (QED) is 0.744. The number of carbonyl (C=O) groups excluding carboxylic acids is 2. The summed E-state index contributed by atoms with van der Waals surface area (Å²) < 4.78 is 11.2. The molecule has 0 aromatic heterocycles. The summed E-state index contributed by atoms with van der Waals surface area (Å²) in [6, 6.07) is -0.329. The molecule has 3 unspecified atom stereocenters. The van der Waals surface area contributed by atoms with E-state index < -0.39 is 16.8 Å². The summed E-state index contributed by atoms with van der Waals surface area (Å²) in [6.07, 6.45) is 5.98. The van der Waals surface area contributed by atoms with E-state index in [1.807, 2.05) is 6.92 Å².